The van der Waals surface area contributed by atoms with E-state index >= 15 is 0 Å². The zero-order chi connectivity index (χ0) is 12.3. The summed E-state index contributed by atoms with van der Waals surface area (Å²) in [6, 6.07) is 9.53. The van der Waals surface area contributed by atoms with Gasteiger partial charge in [-0.15, -0.1) is 0 Å². The first kappa shape index (κ1) is 12.6. The Labute approximate surface area is 105 Å². The summed E-state index contributed by atoms with van der Waals surface area (Å²) in [7, 11) is 0. The van der Waals surface area contributed by atoms with Crippen molar-refractivity contribution >= 4 is 0 Å². The van der Waals surface area contributed by atoms with E-state index < -0.39 is 0 Å². The number of piperidine rings is 1. The normalized spacial score (nSPS) is 26.1. The van der Waals surface area contributed by atoms with Crippen LogP contribution in [0.3, 0.4) is 0 Å². The van der Waals surface area contributed by atoms with Crippen molar-refractivity contribution in [1.82, 2.24) is 4.90 Å². The number of benzene rings is 1. The summed E-state index contributed by atoms with van der Waals surface area (Å²) in [4.78, 5) is 2.56. The Morgan fingerprint density at radius 2 is 2.24 bits per heavy atom. The molecule has 1 aliphatic rings. The fourth-order valence-electron chi connectivity index (χ4n) is 2.95. The minimum absolute atomic E-state index is 0.289. The number of nitrogens with zero attached hydrogens (tertiary/aromatic N) is 1. The number of rotatable bonds is 3. The van der Waals surface area contributed by atoms with Gasteiger partial charge in [-0.3, -0.25) is 4.90 Å². The van der Waals surface area contributed by atoms with E-state index in [0.717, 1.165) is 13.0 Å². The molecule has 0 aromatic heterocycles. The first-order valence-electron chi connectivity index (χ1n) is 6.78. The molecule has 17 heavy (non-hydrogen) atoms. The van der Waals surface area contributed by atoms with Gasteiger partial charge in [-0.05, 0) is 44.8 Å². The zero-order valence-electron chi connectivity index (χ0n) is 11.0. The second-order valence-electron chi connectivity index (χ2n) is 5.20. The fraction of sp³-hybridized carbons (Fsp3) is 0.600. The Morgan fingerprint density at radius 1 is 1.41 bits per heavy atom. The molecule has 2 nitrogen and oxygen atoms in total. The SMILES string of the molecule is CCCN1CCCC(N)C1c1cccc(C)c1. The van der Waals surface area contributed by atoms with Crippen LogP contribution in [0.5, 0.6) is 0 Å². The highest BCUT2D eigenvalue weighted by Gasteiger charge is 2.29. The van der Waals surface area contributed by atoms with Crippen LogP contribution in [0.1, 0.15) is 43.4 Å². The molecule has 2 atom stereocenters. The van der Waals surface area contributed by atoms with Gasteiger partial charge in [-0.2, -0.15) is 0 Å². The molecule has 0 radical (unpaired) electrons. The Balaban J connectivity index is 2.24. The highest BCUT2D eigenvalue weighted by molar-refractivity contribution is 5.26. The first-order chi connectivity index (χ1) is 8.22. The molecule has 1 fully saturated rings. The lowest BCUT2D eigenvalue weighted by Gasteiger charge is -2.40. The van der Waals surface area contributed by atoms with Crippen LogP contribution in [-0.4, -0.2) is 24.0 Å². The van der Waals surface area contributed by atoms with E-state index in [4.69, 9.17) is 5.73 Å². The lowest BCUT2D eigenvalue weighted by atomic mass is 9.90. The maximum absolute atomic E-state index is 6.34. The number of nitrogens with two attached hydrogens (primary N) is 1. The van der Waals surface area contributed by atoms with Gasteiger partial charge in [0.15, 0.2) is 0 Å². The molecule has 1 aliphatic heterocycles. The quantitative estimate of drug-likeness (QED) is 0.868. The van der Waals surface area contributed by atoms with Crippen molar-refractivity contribution in [2.24, 2.45) is 5.73 Å². The lowest BCUT2D eigenvalue weighted by Crippen LogP contribution is -2.46. The maximum atomic E-state index is 6.34. The van der Waals surface area contributed by atoms with E-state index in [1.165, 1.54) is 30.5 Å². The predicted molar refractivity (Wildman–Crippen MR) is 73.0 cm³/mol. The molecule has 0 amide bonds. The van der Waals surface area contributed by atoms with Crippen molar-refractivity contribution < 1.29 is 0 Å². The smallest absolute Gasteiger partial charge is 0.0499 e. The van der Waals surface area contributed by atoms with Crippen LogP contribution in [-0.2, 0) is 0 Å². The molecule has 1 aromatic carbocycles. The summed E-state index contributed by atoms with van der Waals surface area (Å²) in [6.07, 6.45) is 3.59. The molecule has 2 unspecified atom stereocenters. The lowest BCUT2D eigenvalue weighted by molar-refractivity contribution is 0.128. The van der Waals surface area contributed by atoms with E-state index in [2.05, 4.69) is 43.0 Å². The summed E-state index contributed by atoms with van der Waals surface area (Å²) in [5.74, 6) is 0. The standard InChI is InChI=1S/C15H24N2/c1-3-9-17-10-5-8-14(16)15(17)13-7-4-6-12(2)11-13/h4,6-7,11,14-15H,3,5,8-10,16H2,1-2H3. The van der Waals surface area contributed by atoms with Gasteiger partial charge in [0.05, 0.1) is 0 Å². The maximum Gasteiger partial charge on any atom is 0.0499 e. The van der Waals surface area contributed by atoms with Gasteiger partial charge in [0.25, 0.3) is 0 Å². The molecule has 1 saturated heterocycles. The minimum atomic E-state index is 0.289. The summed E-state index contributed by atoms with van der Waals surface area (Å²) in [5.41, 5.74) is 9.06. The van der Waals surface area contributed by atoms with Crippen molar-refractivity contribution in [2.75, 3.05) is 13.1 Å². The summed E-state index contributed by atoms with van der Waals surface area (Å²) < 4.78 is 0. The Bertz CT molecular complexity index is 360. The van der Waals surface area contributed by atoms with Gasteiger partial charge < -0.3 is 5.73 Å². The third kappa shape index (κ3) is 2.88. The Kier molecular flexibility index (Phi) is 4.19. The molecule has 0 spiro atoms. The average Bonchev–Trinajstić information content (AvgIpc) is 2.29. The first-order valence-corrected chi connectivity index (χ1v) is 6.78. The number of likely N-dealkylation sites (tertiary alicyclic amines) is 1. The molecule has 2 heteroatoms. The highest BCUT2D eigenvalue weighted by atomic mass is 15.2. The molecule has 0 aliphatic carbocycles. The summed E-state index contributed by atoms with van der Waals surface area (Å²) >= 11 is 0. The molecule has 0 bridgehead atoms. The Morgan fingerprint density at radius 3 is 2.94 bits per heavy atom. The third-order valence-electron chi connectivity index (χ3n) is 3.68. The van der Waals surface area contributed by atoms with Crippen molar-refractivity contribution in [2.45, 2.75) is 45.2 Å². The van der Waals surface area contributed by atoms with Crippen molar-refractivity contribution in [3.63, 3.8) is 0 Å². The van der Waals surface area contributed by atoms with Gasteiger partial charge in [-0.1, -0.05) is 36.8 Å². The number of hydrogen-bond acceptors (Lipinski definition) is 2. The monoisotopic (exact) mass is 232 g/mol. The van der Waals surface area contributed by atoms with E-state index in [0.29, 0.717) is 6.04 Å². The number of aryl methyl sites for hydroxylation is 1. The minimum Gasteiger partial charge on any atom is -0.326 e. The van der Waals surface area contributed by atoms with Crippen molar-refractivity contribution in [1.29, 1.82) is 0 Å². The molecule has 0 saturated carbocycles. The second kappa shape index (κ2) is 5.65. The molecule has 2 N–H and O–H groups in total. The summed E-state index contributed by atoms with van der Waals surface area (Å²) in [5, 5.41) is 0. The average molecular weight is 232 g/mol. The molecular weight excluding hydrogens is 208 g/mol. The summed E-state index contributed by atoms with van der Waals surface area (Å²) in [6.45, 7) is 6.75. The van der Waals surface area contributed by atoms with Crippen LogP contribution < -0.4 is 5.73 Å². The molecule has 1 aromatic rings. The van der Waals surface area contributed by atoms with Gasteiger partial charge in [0.1, 0.15) is 0 Å². The molecule has 2 rings (SSSR count). The van der Waals surface area contributed by atoms with Crippen LogP contribution >= 0.6 is 0 Å². The van der Waals surface area contributed by atoms with E-state index in [-0.39, 0.29) is 6.04 Å². The van der Waals surface area contributed by atoms with E-state index in [1.807, 2.05) is 0 Å². The Hall–Kier alpha value is -0.860. The highest BCUT2D eigenvalue weighted by Crippen LogP contribution is 2.30. The fourth-order valence-corrected chi connectivity index (χ4v) is 2.95. The molecular formula is C15H24N2. The predicted octanol–water partition coefficient (Wildman–Crippen LogP) is 2.87. The van der Waals surface area contributed by atoms with E-state index in [1.54, 1.807) is 0 Å². The topological polar surface area (TPSA) is 29.3 Å². The van der Waals surface area contributed by atoms with Gasteiger partial charge in [0, 0.05) is 12.1 Å². The van der Waals surface area contributed by atoms with Crippen LogP contribution in [0.25, 0.3) is 0 Å². The van der Waals surface area contributed by atoms with Crippen molar-refractivity contribution in [3.8, 4) is 0 Å². The molecule has 1 heterocycles. The second-order valence-corrected chi connectivity index (χ2v) is 5.20. The molecule has 94 valence electrons. The van der Waals surface area contributed by atoms with Crippen LogP contribution in [0, 0.1) is 6.92 Å². The van der Waals surface area contributed by atoms with Gasteiger partial charge in [-0.25, -0.2) is 0 Å². The van der Waals surface area contributed by atoms with Crippen LogP contribution in [0.4, 0.5) is 0 Å². The van der Waals surface area contributed by atoms with Crippen LogP contribution in [0.2, 0.25) is 0 Å². The van der Waals surface area contributed by atoms with E-state index in [9.17, 15) is 0 Å². The van der Waals surface area contributed by atoms with Crippen molar-refractivity contribution in [3.05, 3.63) is 35.4 Å². The van der Waals surface area contributed by atoms with Crippen LogP contribution in [0.15, 0.2) is 24.3 Å². The zero-order valence-corrected chi connectivity index (χ0v) is 11.0. The third-order valence-corrected chi connectivity index (χ3v) is 3.68. The van der Waals surface area contributed by atoms with Gasteiger partial charge >= 0.3 is 0 Å². The number of hydrogen-bond donors (Lipinski definition) is 1. The van der Waals surface area contributed by atoms with Gasteiger partial charge in [0.2, 0.25) is 0 Å². The largest absolute Gasteiger partial charge is 0.326 e.